The Balaban J connectivity index is 0.941. The lowest BCUT2D eigenvalue weighted by Gasteiger charge is -2.28. The van der Waals surface area contributed by atoms with Gasteiger partial charge in [-0.3, -0.25) is 0 Å². The molecule has 12 rings (SSSR count). The van der Waals surface area contributed by atoms with Gasteiger partial charge < -0.3 is 9.47 Å². The smallest absolute Gasteiger partial charge is 0.0547 e. The van der Waals surface area contributed by atoms with Crippen LogP contribution in [0, 0.1) is 0 Å². The fraction of sp³-hybridized carbons (Fsp3) is 0.0476. The largest absolute Gasteiger partial charge is 0.310 e. The summed E-state index contributed by atoms with van der Waals surface area (Å²) in [6.07, 6.45) is 0. The molecule has 0 aliphatic heterocycles. The third kappa shape index (κ3) is 6.49. The lowest BCUT2D eigenvalue weighted by Crippen LogP contribution is -2.15. The molecule has 0 amide bonds. The average molecular weight is 831 g/mol. The van der Waals surface area contributed by atoms with Gasteiger partial charge in [0.05, 0.1) is 16.7 Å². The normalized spacial score (nSPS) is 12.6. The van der Waals surface area contributed by atoms with Crippen LogP contribution in [0.1, 0.15) is 25.0 Å². The van der Waals surface area contributed by atoms with Crippen molar-refractivity contribution in [2.45, 2.75) is 19.3 Å². The summed E-state index contributed by atoms with van der Waals surface area (Å²) < 4.78 is 2.47. The Labute approximate surface area is 381 Å². The molecule has 0 fully saturated rings. The zero-order valence-electron chi connectivity index (χ0n) is 36.5. The summed E-state index contributed by atoms with van der Waals surface area (Å²) in [5.74, 6) is 0. The summed E-state index contributed by atoms with van der Waals surface area (Å²) in [6, 6.07) is 88.7. The van der Waals surface area contributed by atoms with Gasteiger partial charge in [0.15, 0.2) is 0 Å². The number of aromatic nitrogens is 1. The SMILES string of the molecule is CC1(C)c2ccccc2-c2ccc(-n3c4ccccc4c4c(-c5cccc(-c6ccccc6N(c6ccccc6)c6ccc(-c7ccc(-c8ccccc8)cc7)cc6)c5)cccc43)cc21. The summed E-state index contributed by atoms with van der Waals surface area (Å²) in [7, 11) is 0. The summed E-state index contributed by atoms with van der Waals surface area (Å²) in [6.45, 7) is 4.72. The van der Waals surface area contributed by atoms with E-state index in [1.54, 1.807) is 0 Å². The fourth-order valence-corrected chi connectivity index (χ4v) is 10.4. The van der Waals surface area contributed by atoms with Crippen LogP contribution in [0.15, 0.2) is 243 Å². The molecule has 308 valence electrons. The number of benzene rings is 10. The Morgan fingerprint density at radius 1 is 0.338 bits per heavy atom. The van der Waals surface area contributed by atoms with E-state index in [0.717, 1.165) is 28.2 Å². The zero-order chi connectivity index (χ0) is 43.5. The Bertz CT molecular complexity index is 3540. The predicted octanol–water partition coefficient (Wildman–Crippen LogP) is 17.2. The molecule has 65 heavy (non-hydrogen) atoms. The summed E-state index contributed by atoms with van der Waals surface area (Å²) in [5.41, 5.74) is 21.8. The summed E-state index contributed by atoms with van der Waals surface area (Å²) in [4.78, 5) is 2.38. The molecule has 0 saturated heterocycles. The van der Waals surface area contributed by atoms with Gasteiger partial charge in [0.25, 0.3) is 0 Å². The molecule has 1 aliphatic carbocycles. The van der Waals surface area contributed by atoms with Crippen LogP contribution in [0.4, 0.5) is 17.1 Å². The number of para-hydroxylation sites is 3. The molecule has 1 aliphatic rings. The van der Waals surface area contributed by atoms with Crippen LogP contribution in [-0.4, -0.2) is 4.57 Å². The van der Waals surface area contributed by atoms with E-state index in [4.69, 9.17) is 0 Å². The van der Waals surface area contributed by atoms with Gasteiger partial charge in [0.1, 0.15) is 0 Å². The molecule has 1 heterocycles. The van der Waals surface area contributed by atoms with E-state index >= 15 is 0 Å². The van der Waals surface area contributed by atoms with Crippen molar-refractivity contribution in [1.29, 1.82) is 0 Å². The van der Waals surface area contributed by atoms with Gasteiger partial charge in [-0.1, -0.05) is 196 Å². The first kappa shape index (κ1) is 38.5. The van der Waals surface area contributed by atoms with Crippen molar-refractivity contribution >= 4 is 38.9 Å². The zero-order valence-corrected chi connectivity index (χ0v) is 36.5. The predicted molar refractivity (Wildman–Crippen MR) is 275 cm³/mol. The van der Waals surface area contributed by atoms with Crippen LogP contribution in [0.25, 0.3) is 83.1 Å². The van der Waals surface area contributed by atoms with Crippen molar-refractivity contribution < 1.29 is 0 Å². The van der Waals surface area contributed by atoms with Crippen LogP contribution in [0.2, 0.25) is 0 Å². The molecule has 11 aromatic rings. The van der Waals surface area contributed by atoms with Crippen LogP contribution in [-0.2, 0) is 5.41 Å². The van der Waals surface area contributed by atoms with Gasteiger partial charge in [-0.2, -0.15) is 0 Å². The molecular formula is C63H46N2. The lowest BCUT2D eigenvalue weighted by molar-refractivity contribution is 0.660. The number of hydrogen-bond donors (Lipinski definition) is 0. The summed E-state index contributed by atoms with van der Waals surface area (Å²) >= 11 is 0. The molecule has 0 bridgehead atoms. The molecule has 0 unspecified atom stereocenters. The van der Waals surface area contributed by atoms with E-state index in [2.05, 4.69) is 266 Å². The quantitative estimate of drug-likeness (QED) is 0.148. The maximum absolute atomic E-state index is 2.47. The monoisotopic (exact) mass is 830 g/mol. The van der Waals surface area contributed by atoms with Crippen molar-refractivity contribution in [3.8, 4) is 61.3 Å². The van der Waals surface area contributed by atoms with Crippen molar-refractivity contribution in [3.05, 3.63) is 254 Å². The van der Waals surface area contributed by atoms with Crippen molar-refractivity contribution in [2.24, 2.45) is 0 Å². The molecule has 0 radical (unpaired) electrons. The van der Waals surface area contributed by atoms with Crippen LogP contribution in [0.3, 0.4) is 0 Å². The second-order valence-electron chi connectivity index (χ2n) is 17.7. The Morgan fingerprint density at radius 3 is 1.60 bits per heavy atom. The first-order chi connectivity index (χ1) is 32.0. The molecule has 2 nitrogen and oxygen atoms in total. The Kier molecular flexibility index (Phi) is 9.21. The fourth-order valence-electron chi connectivity index (χ4n) is 10.4. The molecule has 10 aromatic carbocycles. The minimum Gasteiger partial charge on any atom is -0.310 e. The van der Waals surface area contributed by atoms with Crippen molar-refractivity contribution in [3.63, 3.8) is 0 Å². The van der Waals surface area contributed by atoms with E-state index in [0.29, 0.717) is 0 Å². The van der Waals surface area contributed by atoms with E-state index in [1.807, 2.05) is 0 Å². The molecular weight excluding hydrogens is 785 g/mol. The van der Waals surface area contributed by atoms with Crippen LogP contribution >= 0.6 is 0 Å². The van der Waals surface area contributed by atoms with Gasteiger partial charge in [-0.15, -0.1) is 0 Å². The molecule has 2 heteroatoms. The van der Waals surface area contributed by atoms with Crippen LogP contribution in [0.5, 0.6) is 0 Å². The maximum atomic E-state index is 2.47. The lowest BCUT2D eigenvalue weighted by atomic mass is 9.82. The third-order valence-corrected chi connectivity index (χ3v) is 13.6. The molecule has 0 N–H and O–H groups in total. The minimum atomic E-state index is -0.0853. The third-order valence-electron chi connectivity index (χ3n) is 13.6. The second kappa shape index (κ2) is 15.6. The van der Waals surface area contributed by atoms with Gasteiger partial charge in [-0.25, -0.2) is 0 Å². The molecule has 0 spiro atoms. The number of anilines is 3. The van der Waals surface area contributed by atoms with E-state index in [-0.39, 0.29) is 5.41 Å². The number of rotatable bonds is 8. The second-order valence-corrected chi connectivity index (χ2v) is 17.7. The summed E-state index contributed by atoms with van der Waals surface area (Å²) in [5, 5.41) is 2.51. The van der Waals surface area contributed by atoms with Crippen molar-refractivity contribution in [1.82, 2.24) is 4.57 Å². The molecule has 1 aromatic heterocycles. The van der Waals surface area contributed by atoms with E-state index in [9.17, 15) is 0 Å². The highest BCUT2D eigenvalue weighted by atomic mass is 15.1. The van der Waals surface area contributed by atoms with Gasteiger partial charge in [0, 0.05) is 38.8 Å². The Hall–Kier alpha value is -8.20. The first-order valence-corrected chi connectivity index (χ1v) is 22.6. The number of fused-ring (bicyclic) bond motifs is 6. The molecule has 0 saturated carbocycles. The topological polar surface area (TPSA) is 8.17 Å². The van der Waals surface area contributed by atoms with Crippen molar-refractivity contribution in [2.75, 3.05) is 4.90 Å². The minimum absolute atomic E-state index is 0.0853. The van der Waals surface area contributed by atoms with E-state index < -0.39 is 0 Å². The highest BCUT2D eigenvalue weighted by molar-refractivity contribution is 6.16. The first-order valence-electron chi connectivity index (χ1n) is 22.6. The highest BCUT2D eigenvalue weighted by Gasteiger charge is 2.35. The Morgan fingerprint density at radius 2 is 0.846 bits per heavy atom. The van der Waals surface area contributed by atoms with Crippen LogP contribution < -0.4 is 4.90 Å². The number of nitrogens with zero attached hydrogens (tertiary/aromatic N) is 2. The van der Waals surface area contributed by atoms with Gasteiger partial charge in [-0.05, 0) is 122 Å². The molecule has 0 atom stereocenters. The average Bonchev–Trinajstić information content (AvgIpc) is 3.83. The number of hydrogen-bond acceptors (Lipinski definition) is 1. The van der Waals surface area contributed by atoms with Gasteiger partial charge >= 0.3 is 0 Å². The van der Waals surface area contributed by atoms with E-state index in [1.165, 1.54) is 83.1 Å². The highest BCUT2D eigenvalue weighted by Crippen LogP contribution is 2.50. The maximum Gasteiger partial charge on any atom is 0.0547 e. The van der Waals surface area contributed by atoms with Gasteiger partial charge in [0.2, 0.25) is 0 Å². The standard InChI is InChI=1S/C63H46N2/c1-63(2)57-27-12-9-24-54(57)55-40-39-51(42-58(55)63)65-60-29-14-11-25-56(60)62-53(26-16-30-61(62)65)48-20-15-19-47(41-48)52-23-10-13-28-59(52)64(49-21-7-4-8-22-49)50-37-35-46(36-38-50)45-33-31-44(32-34-45)43-17-5-3-6-18-43/h3-42H,1-2H3.